The lowest BCUT2D eigenvalue weighted by molar-refractivity contribution is -0.129. The van der Waals surface area contributed by atoms with E-state index < -0.39 is 0 Å². The molecule has 3 rings (SSSR count). The molecule has 0 spiro atoms. The Morgan fingerprint density at radius 1 is 1.31 bits per heavy atom. The molecule has 3 aromatic rings. The number of thioether (sulfide) groups is 1. The van der Waals surface area contributed by atoms with Gasteiger partial charge in [0.2, 0.25) is 5.91 Å². The van der Waals surface area contributed by atoms with Crippen molar-refractivity contribution < 1.29 is 9.53 Å². The number of fused-ring (bicyclic) bond motifs is 1. The molecule has 2 heterocycles. The fourth-order valence-corrected chi connectivity index (χ4v) is 4.40. The summed E-state index contributed by atoms with van der Waals surface area (Å²) < 4.78 is 6.67. The molecular weight excluding hydrogens is 390 g/mol. The molecule has 1 amide bonds. The SMILES string of the molecule is CC(Sc1ncnc2ccsc12)C(=O)N(C)CCOc1ccc(Cl)cc1. The van der Waals surface area contributed by atoms with Gasteiger partial charge >= 0.3 is 0 Å². The molecular formula is C18H18ClN3O2S2. The first-order valence-corrected chi connectivity index (χ1v) is 10.2. The van der Waals surface area contributed by atoms with Crippen LogP contribution in [0.25, 0.3) is 10.2 Å². The molecule has 0 fully saturated rings. The van der Waals surface area contributed by atoms with Gasteiger partial charge in [0.1, 0.15) is 23.7 Å². The lowest BCUT2D eigenvalue weighted by Gasteiger charge is -2.21. The van der Waals surface area contributed by atoms with Crippen LogP contribution in [0, 0.1) is 0 Å². The van der Waals surface area contributed by atoms with Crippen molar-refractivity contribution in [1.82, 2.24) is 14.9 Å². The van der Waals surface area contributed by atoms with E-state index in [1.165, 1.54) is 18.1 Å². The van der Waals surface area contributed by atoms with Crippen LogP contribution in [0.4, 0.5) is 0 Å². The molecule has 136 valence electrons. The van der Waals surface area contributed by atoms with Crippen molar-refractivity contribution >= 4 is 50.8 Å². The highest BCUT2D eigenvalue weighted by Gasteiger charge is 2.20. The Balaban J connectivity index is 1.52. The van der Waals surface area contributed by atoms with E-state index in [9.17, 15) is 4.79 Å². The zero-order valence-electron chi connectivity index (χ0n) is 14.4. The van der Waals surface area contributed by atoms with Gasteiger partial charge in [-0.05, 0) is 42.6 Å². The number of ether oxygens (including phenoxy) is 1. The summed E-state index contributed by atoms with van der Waals surface area (Å²) in [6.07, 6.45) is 1.54. The number of amides is 1. The summed E-state index contributed by atoms with van der Waals surface area (Å²) in [5.41, 5.74) is 0.914. The van der Waals surface area contributed by atoms with Gasteiger partial charge in [0.05, 0.1) is 22.0 Å². The van der Waals surface area contributed by atoms with Gasteiger partial charge in [-0.3, -0.25) is 4.79 Å². The maximum absolute atomic E-state index is 12.6. The summed E-state index contributed by atoms with van der Waals surface area (Å²) in [5.74, 6) is 0.775. The largest absolute Gasteiger partial charge is 0.492 e. The van der Waals surface area contributed by atoms with Gasteiger partial charge in [-0.15, -0.1) is 11.3 Å². The molecule has 0 radical (unpaired) electrons. The molecule has 2 aromatic heterocycles. The Hall–Kier alpha value is -1.83. The second-order valence-electron chi connectivity index (χ2n) is 5.64. The van der Waals surface area contributed by atoms with Crippen LogP contribution in [-0.4, -0.2) is 46.2 Å². The Kier molecular flexibility index (Phi) is 6.34. The number of carbonyl (C=O) groups is 1. The quantitative estimate of drug-likeness (QED) is 0.430. The molecule has 1 aromatic carbocycles. The summed E-state index contributed by atoms with van der Waals surface area (Å²) in [5, 5.41) is 3.25. The fourth-order valence-electron chi connectivity index (χ4n) is 2.32. The van der Waals surface area contributed by atoms with Crippen LogP contribution in [0.3, 0.4) is 0 Å². The van der Waals surface area contributed by atoms with Gasteiger partial charge in [-0.2, -0.15) is 0 Å². The minimum Gasteiger partial charge on any atom is -0.492 e. The van der Waals surface area contributed by atoms with Crippen LogP contribution in [0.1, 0.15) is 6.92 Å². The van der Waals surface area contributed by atoms with Crippen molar-refractivity contribution in [2.24, 2.45) is 0 Å². The smallest absolute Gasteiger partial charge is 0.235 e. The zero-order chi connectivity index (χ0) is 18.5. The Bertz CT molecular complexity index is 886. The van der Waals surface area contributed by atoms with Crippen molar-refractivity contribution in [3.63, 3.8) is 0 Å². The van der Waals surface area contributed by atoms with Crippen molar-refractivity contribution in [2.45, 2.75) is 17.2 Å². The third-order valence-electron chi connectivity index (χ3n) is 3.73. The first-order valence-electron chi connectivity index (χ1n) is 8.03. The topological polar surface area (TPSA) is 55.3 Å². The summed E-state index contributed by atoms with van der Waals surface area (Å²) in [6, 6.07) is 9.13. The van der Waals surface area contributed by atoms with Crippen LogP contribution in [-0.2, 0) is 4.79 Å². The molecule has 0 saturated carbocycles. The van der Waals surface area contributed by atoms with E-state index in [1.54, 1.807) is 35.4 Å². The van der Waals surface area contributed by atoms with Crippen LogP contribution in [0.2, 0.25) is 5.02 Å². The van der Waals surface area contributed by atoms with Crippen LogP contribution in [0.15, 0.2) is 47.1 Å². The minimum absolute atomic E-state index is 0.0398. The summed E-state index contributed by atoms with van der Waals surface area (Å²) in [4.78, 5) is 22.8. The number of hydrogen-bond acceptors (Lipinski definition) is 6. The number of nitrogens with zero attached hydrogens (tertiary/aromatic N) is 3. The van der Waals surface area contributed by atoms with Crippen molar-refractivity contribution in [2.75, 3.05) is 20.2 Å². The predicted molar refractivity (Wildman–Crippen MR) is 107 cm³/mol. The molecule has 8 heteroatoms. The Morgan fingerprint density at radius 2 is 2.08 bits per heavy atom. The predicted octanol–water partition coefficient (Wildman–Crippen LogP) is 4.36. The lowest BCUT2D eigenvalue weighted by Crippen LogP contribution is -2.36. The molecule has 0 aliphatic heterocycles. The van der Waals surface area contributed by atoms with E-state index in [2.05, 4.69) is 9.97 Å². The van der Waals surface area contributed by atoms with E-state index in [1.807, 2.05) is 30.5 Å². The first-order chi connectivity index (χ1) is 12.5. The van der Waals surface area contributed by atoms with E-state index in [-0.39, 0.29) is 11.2 Å². The number of aromatic nitrogens is 2. The number of benzene rings is 1. The van der Waals surface area contributed by atoms with Crippen LogP contribution >= 0.6 is 34.7 Å². The van der Waals surface area contributed by atoms with Gasteiger partial charge in [0, 0.05) is 12.1 Å². The standard InChI is InChI=1S/C18H18ClN3O2S2/c1-12(26-17-16-15(7-10-25-16)20-11-21-17)18(23)22(2)8-9-24-14-5-3-13(19)4-6-14/h3-7,10-12H,8-9H2,1-2H3. The maximum Gasteiger partial charge on any atom is 0.235 e. The first kappa shape index (κ1) is 18.9. The lowest BCUT2D eigenvalue weighted by atomic mass is 10.3. The zero-order valence-corrected chi connectivity index (χ0v) is 16.8. The molecule has 0 aliphatic carbocycles. The van der Waals surface area contributed by atoms with Crippen LogP contribution < -0.4 is 4.74 Å². The highest BCUT2D eigenvalue weighted by atomic mass is 35.5. The second kappa shape index (κ2) is 8.70. The number of rotatable bonds is 7. The molecule has 0 aliphatic rings. The number of hydrogen-bond donors (Lipinski definition) is 0. The van der Waals surface area contributed by atoms with Gasteiger partial charge in [0.25, 0.3) is 0 Å². The molecule has 5 nitrogen and oxygen atoms in total. The van der Waals surface area contributed by atoms with Gasteiger partial charge in [-0.25, -0.2) is 9.97 Å². The van der Waals surface area contributed by atoms with Gasteiger partial charge in [-0.1, -0.05) is 23.4 Å². The molecule has 0 bridgehead atoms. The Labute approximate surface area is 165 Å². The average Bonchev–Trinajstić information content (AvgIpc) is 3.12. The average molecular weight is 408 g/mol. The van der Waals surface area contributed by atoms with Crippen molar-refractivity contribution in [3.8, 4) is 5.75 Å². The van der Waals surface area contributed by atoms with E-state index in [0.29, 0.717) is 18.2 Å². The number of likely N-dealkylation sites (N-methyl/N-ethyl adjacent to an activating group) is 1. The van der Waals surface area contributed by atoms with Crippen molar-refractivity contribution in [1.29, 1.82) is 0 Å². The highest BCUT2D eigenvalue weighted by molar-refractivity contribution is 8.00. The normalized spacial score (nSPS) is 12.1. The molecule has 26 heavy (non-hydrogen) atoms. The molecule has 0 N–H and O–H groups in total. The summed E-state index contributed by atoms with van der Waals surface area (Å²) in [7, 11) is 1.78. The molecule has 1 atom stereocenters. The van der Waals surface area contributed by atoms with Gasteiger partial charge < -0.3 is 9.64 Å². The Morgan fingerprint density at radius 3 is 2.85 bits per heavy atom. The van der Waals surface area contributed by atoms with Crippen LogP contribution in [0.5, 0.6) is 5.75 Å². The fraction of sp³-hybridized carbons (Fsp3) is 0.278. The highest BCUT2D eigenvalue weighted by Crippen LogP contribution is 2.31. The second-order valence-corrected chi connectivity index (χ2v) is 8.32. The monoisotopic (exact) mass is 407 g/mol. The summed E-state index contributed by atoms with van der Waals surface area (Å²) >= 11 is 8.90. The third kappa shape index (κ3) is 4.66. The minimum atomic E-state index is -0.240. The summed E-state index contributed by atoms with van der Waals surface area (Å²) in [6.45, 7) is 2.82. The number of thiophene rings is 1. The molecule has 1 unspecified atom stereocenters. The van der Waals surface area contributed by atoms with Crippen molar-refractivity contribution in [3.05, 3.63) is 47.1 Å². The maximum atomic E-state index is 12.6. The van der Waals surface area contributed by atoms with E-state index in [4.69, 9.17) is 16.3 Å². The number of carbonyl (C=O) groups excluding carboxylic acids is 1. The third-order valence-corrected chi connectivity index (χ3v) is 6.11. The van der Waals surface area contributed by atoms with E-state index in [0.717, 1.165) is 21.0 Å². The molecule has 0 saturated heterocycles. The van der Waals surface area contributed by atoms with E-state index >= 15 is 0 Å². The number of halogens is 1. The van der Waals surface area contributed by atoms with Gasteiger partial charge in [0.15, 0.2) is 0 Å².